The van der Waals surface area contributed by atoms with Crippen LogP contribution in [0, 0.1) is 19.8 Å². The average molecular weight is 407 g/mol. The second-order valence-electron chi connectivity index (χ2n) is 7.51. The topological polar surface area (TPSA) is 58.4 Å². The number of nitrogens with one attached hydrogen (secondary N) is 1. The fraction of sp³-hybridized carbons (Fsp3) is 0.429. The first kappa shape index (κ1) is 21.0. The first-order valence-corrected chi connectivity index (χ1v) is 9.47. The van der Waals surface area contributed by atoms with E-state index in [0.29, 0.717) is 25.4 Å². The summed E-state index contributed by atoms with van der Waals surface area (Å²) in [5.74, 6) is 0.446. The number of aryl methyl sites for hydroxylation is 1. The van der Waals surface area contributed by atoms with Crippen LogP contribution >= 0.6 is 0 Å². The third kappa shape index (κ3) is 5.40. The lowest BCUT2D eigenvalue weighted by atomic mass is 9.91. The van der Waals surface area contributed by atoms with Crippen LogP contribution in [0.2, 0.25) is 0 Å². The normalized spacial score (nSPS) is 18.9. The van der Waals surface area contributed by atoms with Gasteiger partial charge < -0.3 is 9.42 Å². The molecule has 0 spiro atoms. The molecular formula is C21H24F3N3O2. The molecule has 1 fully saturated rings. The highest BCUT2D eigenvalue weighted by Crippen LogP contribution is 2.27. The summed E-state index contributed by atoms with van der Waals surface area (Å²) < 4.78 is 43.0. The van der Waals surface area contributed by atoms with Gasteiger partial charge in [-0.1, -0.05) is 48.0 Å². The predicted molar refractivity (Wildman–Crippen MR) is 105 cm³/mol. The maximum Gasteiger partial charge on any atom is 0.393 e. The minimum Gasteiger partial charge on any atom is -0.338 e. The molecule has 1 aromatic carbocycles. The lowest BCUT2D eigenvalue weighted by molar-refractivity contribution is -0.127. The van der Waals surface area contributed by atoms with Crippen LogP contribution in [-0.2, 0) is 6.42 Å². The minimum atomic E-state index is -4.22. The Morgan fingerprint density at radius 2 is 2.14 bits per heavy atom. The maximum atomic E-state index is 12.6. The number of anilines is 1. The van der Waals surface area contributed by atoms with Crippen LogP contribution in [0.5, 0.6) is 0 Å². The monoisotopic (exact) mass is 407 g/mol. The lowest BCUT2D eigenvalue weighted by Gasteiger charge is -2.33. The Morgan fingerprint density at radius 1 is 1.38 bits per heavy atom. The molecule has 3 rings (SSSR count). The van der Waals surface area contributed by atoms with Gasteiger partial charge in [-0.15, -0.1) is 0 Å². The standard InChI is InChI=1S/C21H24F3N3O2/c1-13-12-27(20(28)25-19-14(2)15(3)26-29-19)8-7-18(13)10-16-5-4-6-17(9-16)11-21(22,23)24/h4-6,9-10,13H,7-8,11-12H2,1-3H3,(H,25,28)/b18-10+. The molecule has 8 heteroatoms. The molecule has 2 aromatic rings. The van der Waals surface area contributed by atoms with E-state index in [4.69, 9.17) is 4.52 Å². The molecule has 1 N–H and O–H groups in total. The van der Waals surface area contributed by atoms with Crippen molar-refractivity contribution >= 4 is 18.0 Å². The van der Waals surface area contributed by atoms with Crippen molar-refractivity contribution in [1.29, 1.82) is 0 Å². The van der Waals surface area contributed by atoms with E-state index in [1.165, 1.54) is 6.07 Å². The molecule has 0 bridgehead atoms. The number of piperidine rings is 1. The Hall–Kier alpha value is -2.77. The second-order valence-corrected chi connectivity index (χ2v) is 7.51. The van der Waals surface area contributed by atoms with Gasteiger partial charge in [-0.2, -0.15) is 13.2 Å². The molecule has 2 heterocycles. The van der Waals surface area contributed by atoms with Gasteiger partial charge in [0.05, 0.1) is 12.1 Å². The molecule has 1 aliphatic rings. The quantitative estimate of drug-likeness (QED) is 0.746. The molecule has 0 saturated carbocycles. The van der Waals surface area contributed by atoms with Crippen molar-refractivity contribution in [2.75, 3.05) is 18.4 Å². The highest BCUT2D eigenvalue weighted by molar-refractivity contribution is 5.88. The van der Waals surface area contributed by atoms with Gasteiger partial charge in [0.2, 0.25) is 5.88 Å². The number of rotatable bonds is 3. The Balaban J connectivity index is 1.64. The number of nitrogens with zero attached hydrogens (tertiary/aromatic N) is 2. The molecule has 2 amide bonds. The molecule has 29 heavy (non-hydrogen) atoms. The van der Waals surface area contributed by atoms with E-state index in [0.717, 1.165) is 22.4 Å². The van der Waals surface area contributed by atoms with Crippen LogP contribution in [0.4, 0.5) is 23.8 Å². The second kappa shape index (κ2) is 8.31. The third-order valence-electron chi connectivity index (χ3n) is 5.17. The van der Waals surface area contributed by atoms with Crippen molar-refractivity contribution in [2.24, 2.45) is 5.92 Å². The molecule has 0 aliphatic carbocycles. The van der Waals surface area contributed by atoms with Crippen LogP contribution < -0.4 is 5.32 Å². The number of amides is 2. The van der Waals surface area contributed by atoms with Gasteiger partial charge >= 0.3 is 12.2 Å². The lowest BCUT2D eigenvalue weighted by Crippen LogP contribution is -2.42. The zero-order chi connectivity index (χ0) is 21.2. The molecule has 156 valence electrons. The SMILES string of the molecule is Cc1noc(NC(=O)N2CC/C(=C\c3cccc(CC(F)(F)F)c3)C(C)C2)c1C. The summed E-state index contributed by atoms with van der Waals surface area (Å²) in [4.78, 5) is 14.2. The number of benzene rings is 1. The van der Waals surface area contributed by atoms with Gasteiger partial charge in [-0.3, -0.25) is 5.32 Å². The molecular weight excluding hydrogens is 383 g/mol. The van der Waals surface area contributed by atoms with Crippen LogP contribution in [0.15, 0.2) is 34.4 Å². The molecule has 1 atom stereocenters. The average Bonchev–Trinajstić information content (AvgIpc) is 2.94. The number of aromatic nitrogens is 1. The predicted octanol–water partition coefficient (Wildman–Crippen LogP) is 5.35. The summed E-state index contributed by atoms with van der Waals surface area (Å²) in [6.45, 7) is 6.68. The van der Waals surface area contributed by atoms with E-state index >= 15 is 0 Å². The van der Waals surface area contributed by atoms with Gasteiger partial charge in [0.15, 0.2) is 0 Å². The number of likely N-dealkylation sites (tertiary alicyclic amines) is 1. The van der Waals surface area contributed by atoms with E-state index in [9.17, 15) is 18.0 Å². The fourth-order valence-electron chi connectivity index (χ4n) is 3.39. The smallest absolute Gasteiger partial charge is 0.338 e. The van der Waals surface area contributed by atoms with Gasteiger partial charge in [-0.25, -0.2) is 4.79 Å². The molecule has 1 aliphatic heterocycles. The van der Waals surface area contributed by atoms with Crippen molar-refractivity contribution in [3.05, 3.63) is 52.2 Å². The molecule has 0 radical (unpaired) electrons. The van der Waals surface area contributed by atoms with Crippen molar-refractivity contribution in [3.63, 3.8) is 0 Å². The first-order chi connectivity index (χ1) is 13.6. The van der Waals surface area contributed by atoms with Gasteiger partial charge in [0.1, 0.15) is 0 Å². The highest BCUT2D eigenvalue weighted by atomic mass is 19.4. The van der Waals surface area contributed by atoms with Crippen molar-refractivity contribution in [1.82, 2.24) is 10.1 Å². The number of carbonyl (C=O) groups is 1. The number of hydrogen-bond acceptors (Lipinski definition) is 3. The summed E-state index contributed by atoms with van der Waals surface area (Å²) >= 11 is 0. The van der Waals surface area contributed by atoms with Crippen LogP contribution in [-0.4, -0.2) is 35.4 Å². The summed E-state index contributed by atoms with van der Waals surface area (Å²) in [7, 11) is 0. The third-order valence-corrected chi connectivity index (χ3v) is 5.17. The van der Waals surface area contributed by atoms with Gasteiger partial charge in [0.25, 0.3) is 0 Å². The van der Waals surface area contributed by atoms with Crippen LogP contribution in [0.25, 0.3) is 6.08 Å². The summed E-state index contributed by atoms with van der Waals surface area (Å²) in [5.41, 5.74) is 3.63. The van der Waals surface area contributed by atoms with Crippen molar-refractivity contribution in [3.8, 4) is 0 Å². The van der Waals surface area contributed by atoms with Gasteiger partial charge in [0, 0.05) is 18.7 Å². The van der Waals surface area contributed by atoms with Crippen molar-refractivity contribution in [2.45, 2.75) is 39.8 Å². The van der Waals surface area contributed by atoms with E-state index in [1.807, 2.05) is 19.9 Å². The largest absolute Gasteiger partial charge is 0.393 e. The van der Waals surface area contributed by atoms with E-state index in [1.54, 1.807) is 30.0 Å². The number of urea groups is 1. The fourth-order valence-corrected chi connectivity index (χ4v) is 3.39. The summed E-state index contributed by atoms with van der Waals surface area (Å²) in [6, 6.07) is 6.25. The Morgan fingerprint density at radius 3 is 2.76 bits per heavy atom. The summed E-state index contributed by atoms with van der Waals surface area (Å²) in [6.07, 6.45) is -2.57. The molecule has 1 unspecified atom stereocenters. The van der Waals surface area contributed by atoms with E-state index in [-0.39, 0.29) is 17.5 Å². The number of alkyl halides is 3. The maximum absolute atomic E-state index is 12.6. The highest BCUT2D eigenvalue weighted by Gasteiger charge is 2.28. The van der Waals surface area contributed by atoms with Crippen LogP contribution in [0.1, 0.15) is 35.7 Å². The Labute approximate surface area is 167 Å². The Kier molecular flexibility index (Phi) is 6.00. The number of halogens is 3. The van der Waals surface area contributed by atoms with Crippen molar-refractivity contribution < 1.29 is 22.5 Å². The molecule has 1 aromatic heterocycles. The molecule has 5 nitrogen and oxygen atoms in total. The number of hydrogen-bond donors (Lipinski definition) is 1. The Bertz CT molecular complexity index is 918. The summed E-state index contributed by atoms with van der Waals surface area (Å²) in [5, 5.41) is 6.58. The minimum absolute atomic E-state index is 0.0957. The zero-order valence-electron chi connectivity index (χ0n) is 16.6. The zero-order valence-corrected chi connectivity index (χ0v) is 16.6. The van der Waals surface area contributed by atoms with E-state index in [2.05, 4.69) is 10.5 Å². The van der Waals surface area contributed by atoms with Crippen LogP contribution in [0.3, 0.4) is 0 Å². The van der Waals surface area contributed by atoms with Gasteiger partial charge in [-0.05, 0) is 37.3 Å². The first-order valence-electron chi connectivity index (χ1n) is 9.47. The molecule has 1 saturated heterocycles. The van der Waals surface area contributed by atoms with E-state index < -0.39 is 12.6 Å². The number of carbonyl (C=O) groups excluding carboxylic acids is 1.